The van der Waals surface area contributed by atoms with E-state index in [1.54, 1.807) is 0 Å². The molecule has 0 radical (unpaired) electrons. The van der Waals surface area contributed by atoms with Crippen LogP contribution in [0.4, 0.5) is 0 Å². The molecule has 1 rings (SSSR count). The Bertz CT molecular complexity index is 64.9. The van der Waals surface area contributed by atoms with Crippen molar-refractivity contribution in [3.63, 3.8) is 0 Å². The summed E-state index contributed by atoms with van der Waals surface area (Å²) in [5.74, 6) is 0.769. The Hall–Kier alpha value is -0.0800. The highest BCUT2D eigenvalue weighted by molar-refractivity contribution is 4.73. The van der Waals surface area contributed by atoms with E-state index in [0.29, 0.717) is 6.04 Å². The quantitative estimate of drug-likeness (QED) is 0.519. The average molecular weight is 114 g/mol. The fourth-order valence-electron chi connectivity index (χ4n) is 1.00. The molecule has 1 atom stereocenters. The summed E-state index contributed by atoms with van der Waals surface area (Å²) in [4.78, 5) is 0. The van der Waals surface area contributed by atoms with Gasteiger partial charge in [0.2, 0.25) is 0 Å². The second-order valence-corrected chi connectivity index (χ2v) is 2.71. The zero-order valence-corrected chi connectivity index (χ0v) is 5.57. The SMILES string of the molecule is CC(C)[C@H]1CCNN1. The van der Waals surface area contributed by atoms with Crippen LogP contribution in [-0.2, 0) is 0 Å². The number of hydrazine groups is 1. The van der Waals surface area contributed by atoms with Crippen molar-refractivity contribution in [3.8, 4) is 0 Å². The fraction of sp³-hybridized carbons (Fsp3) is 1.00. The van der Waals surface area contributed by atoms with Crippen LogP contribution in [0.5, 0.6) is 0 Å². The molecule has 0 unspecified atom stereocenters. The number of hydrogen-bond acceptors (Lipinski definition) is 2. The molecule has 2 heteroatoms. The molecular formula is C6H14N2. The maximum absolute atomic E-state index is 3.21. The van der Waals surface area contributed by atoms with E-state index in [2.05, 4.69) is 24.7 Å². The topological polar surface area (TPSA) is 24.1 Å². The molecule has 1 aliphatic rings. The Labute approximate surface area is 50.6 Å². The van der Waals surface area contributed by atoms with E-state index in [4.69, 9.17) is 0 Å². The lowest BCUT2D eigenvalue weighted by molar-refractivity contribution is 0.431. The van der Waals surface area contributed by atoms with Gasteiger partial charge in [-0.05, 0) is 12.3 Å². The molecule has 0 saturated carbocycles. The van der Waals surface area contributed by atoms with Gasteiger partial charge in [0.1, 0.15) is 0 Å². The van der Waals surface area contributed by atoms with Crippen molar-refractivity contribution in [2.24, 2.45) is 5.92 Å². The molecule has 0 aliphatic carbocycles. The van der Waals surface area contributed by atoms with Crippen LogP contribution in [0, 0.1) is 5.92 Å². The fourth-order valence-corrected chi connectivity index (χ4v) is 1.00. The number of rotatable bonds is 1. The van der Waals surface area contributed by atoms with Gasteiger partial charge in [0, 0.05) is 12.6 Å². The molecule has 1 saturated heterocycles. The Kier molecular flexibility index (Phi) is 1.86. The van der Waals surface area contributed by atoms with Gasteiger partial charge in [-0.3, -0.25) is 10.9 Å². The third-order valence-corrected chi connectivity index (χ3v) is 1.67. The molecule has 2 N–H and O–H groups in total. The molecule has 0 spiro atoms. The molecule has 1 fully saturated rings. The standard InChI is InChI=1S/C6H14N2/c1-5(2)6-3-4-7-8-6/h5-8H,3-4H2,1-2H3/t6-/m1/s1. The molecule has 48 valence electrons. The van der Waals surface area contributed by atoms with Gasteiger partial charge in [0.25, 0.3) is 0 Å². The van der Waals surface area contributed by atoms with E-state index in [0.717, 1.165) is 12.5 Å². The zero-order chi connectivity index (χ0) is 5.98. The maximum Gasteiger partial charge on any atom is 0.0248 e. The van der Waals surface area contributed by atoms with Gasteiger partial charge in [-0.15, -0.1) is 0 Å². The van der Waals surface area contributed by atoms with Gasteiger partial charge >= 0.3 is 0 Å². The molecule has 1 aliphatic heterocycles. The second kappa shape index (κ2) is 2.46. The summed E-state index contributed by atoms with van der Waals surface area (Å²) in [7, 11) is 0. The van der Waals surface area contributed by atoms with Crippen molar-refractivity contribution in [1.82, 2.24) is 10.9 Å². The van der Waals surface area contributed by atoms with E-state index >= 15 is 0 Å². The van der Waals surface area contributed by atoms with Crippen molar-refractivity contribution >= 4 is 0 Å². The van der Waals surface area contributed by atoms with E-state index in [-0.39, 0.29) is 0 Å². The van der Waals surface area contributed by atoms with Crippen LogP contribution in [0.2, 0.25) is 0 Å². The summed E-state index contributed by atoms with van der Waals surface area (Å²) in [6, 6.07) is 0.704. The highest BCUT2D eigenvalue weighted by Crippen LogP contribution is 2.06. The first-order valence-corrected chi connectivity index (χ1v) is 3.29. The molecule has 0 amide bonds. The zero-order valence-electron chi connectivity index (χ0n) is 5.57. The second-order valence-electron chi connectivity index (χ2n) is 2.71. The minimum absolute atomic E-state index is 0.704. The molecule has 1 heterocycles. The molecule has 0 bridgehead atoms. The summed E-state index contributed by atoms with van der Waals surface area (Å²) in [6.07, 6.45) is 1.28. The van der Waals surface area contributed by atoms with E-state index in [1.165, 1.54) is 6.42 Å². The van der Waals surface area contributed by atoms with E-state index in [1.807, 2.05) is 0 Å². The molecule has 8 heavy (non-hydrogen) atoms. The smallest absolute Gasteiger partial charge is 0.0248 e. The lowest BCUT2D eigenvalue weighted by atomic mass is 10.0. The molecular weight excluding hydrogens is 100 g/mol. The minimum atomic E-state index is 0.704. The van der Waals surface area contributed by atoms with Gasteiger partial charge < -0.3 is 0 Å². The van der Waals surface area contributed by atoms with Gasteiger partial charge in [-0.1, -0.05) is 13.8 Å². The first kappa shape index (κ1) is 6.05. The monoisotopic (exact) mass is 114 g/mol. The Morgan fingerprint density at radius 1 is 1.50 bits per heavy atom. The van der Waals surface area contributed by atoms with Gasteiger partial charge in [-0.2, -0.15) is 0 Å². The van der Waals surface area contributed by atoms with Crippen molar-refractivity contribution in [1.29, 1.82) is 0 Å². The van der Waals surface area contributed by atoms with Crippen LogP contribution in [0.25, 0.3) is 0 Å². The van der Waals surface area contributed by atoms with Crippen LogP contribution in [-0.4, -0.2) is 12.6 Å². The van der Waals surface area contributed by atoms with Crippen molar-refractivity contribution in [2.75, 3.05) is 6.54 Å². The number of nitrogens with one attached hydrogen (secondary N) is 2. The Balaban J connectivity index is 2.24. The van der Waals surface area contributed by atoms with Crippen LogP contribution >= 0.6 is 0 Å². The van der Waals surface area contributed by atoms with Gasteiger partial charge in [0.05, 0.1) is 0 Å². The average Bonchev–Trinajstić information content (AvgIpc) is 2.12. The largest absolute Gasteiger partial charge is 0.258 e. The predicted octanol–water partition coefficient (Wildman–Crippen LogP) is 0.509. The summed E-state index contributed by atoms with van der Waals surface area (Å²) >= 11 is 0. The summed E-state index contributed by atoms with van der Waals surface area (Å²) in [5.41, 5.74) is 6.31. The molecule has 2 nitrogen and oxygen atoms in total. The van der Waals surface area contributed by atoms with Crippen LogP contribution in [0.15, 0.2) is 0 Å². The Morgan fingerprint density at radius 2 is 2.25 bits per heavy atom. The van der Waals surface area contributed by atoms with E-state index in [9.17, 15) is 0 Å². The van der Waals surface area contributed by atoms with Gasteiger partial charge in [-0.25, -0.2) is 0 Å². The lowest BCUT2D eigenvalue weighted by Crippen LogP contribution is -2.33. The van der Waals surface area contributed by atoms with Gasteiger partial charge in [0.15, 0.2) is 0 Å². The lowest BCUT2D eigenvalue weighted by Gasteiger charge is -2.11. The van der Waals surface area contributed by atoms with Crippen molar-refractivity contribution in [2.45, 2.75) is 26.3 Å². The highest BCUT2D eigenvalue weighted by atomic mass is 15.4. The first-order chi connectivity index (χ1) is 3.80. The summed E-state index contributed by atoms with van der Waals surface area (Å²) in [6.45, 7) is 5.61. The normalized spacial score (nSPS) is 29.6. The maximum atomic E-state index is 3.21. The van der Waals surface area contributed by atoms with E-state index < -0.39 is 0 Å². The molecule has 0 aromatic heterocycles. The third-order valence-electron chi connectivity index (χ3n) is 1.67. The predicted molar refractivity (Wildman–Crippen MR) is 34.4 cm³/mol. The van der Waals surface area contributed by atoms with Crippen molar-refractivity contribution in [3.05, 3.63) is 0 Å². The summed E-state index contributed by atoms with van der Waals surface area (Å²) in [5, 5.41) is 0. The third kappa shape index (κ3) is 1.20. The van der Waals surface area contributed by atoms with Crippen LogP contribution < -0.4 is 10.9 Å². The minimum Gasteiger partial charge on any atom is -0.258 e. The highest BCUT2D eigenvalue weighted by Gasteiger charge is 2.15. The van der Waals surface area contributed by atoms with Crippen LogP contribution in [0.1, 0.15) is 20.3 Å². The van der Waals surface area contributed by atoms with Crippen LogP contribution in [0.3, 0.4) is 0 Å². The van der Waals surface area contributed by atoms with Crippen molar-refractivity contribution < 1.29 is 0 Å². The summed E-state index contributed by atoms with van der Waals surface area (Å²) < 4.78 is 0. The molecule has 0 aromatic carbocycles. The Morgan fingerprint density at radius 3 is 2.50 bits per heavy atom. The molecule has 0 aromatic rings. The number of hydrogen-bond donors (Lipinski definition) is 2. The first-order valence-electron chi connectivity index (χ1n) is 3.29.